The molecule has 2 aromatic rings. The molecular weight excluding hydrogens is 341 g/mol. The van der Waals surface area contributed by atoms with Crippen molar-refractivity contribution in [3.05, 3.63) is 46.6 Å². The van der Waals surface area contributed by atoms with Crippen LogP contribution in [0.15, 0.2) is 36.5 Å². The van der Waals surface area contributed by atoms with E-state index in [2.05, 4.69) is 10.3 Å². The lowest BCUT2D eigenvalue weighted by Gasteiger charge is -2.27. The largest absolute Gasteiger partial charge is 0.480 e. The fraction of sp³-hybridized carbons (Fsp3) is 0.133. The summed E-state index contributed by atoms with van der Waals surface area (Å²) in [5.74, 6) is 0.0418. The number of nitrogens with one attached hydrogen (secondary N) is 1. The molecule has 0 saturated heterocycles. The molecule has 118 valence electrons. The Labute approximate surface area is 142 Å². The maximum absolute atomic E-state index is 12.2. The summed E-state index contributed by atoms with van der Waals surface area (Å²) in [6, 6.07) is 8.11. The molecule has 1 N–H and O–H groups in total. The molecule has 0 atom stereocenters. The Hall–Kier alpha value is -2.31. The number of nitrogens with zero attached hydrogens (tertiary/aromatic N) is 2. The molecule has 0 bridgehead atoms. The van der Waals surface area contributed by atoms with Crippen LogP contribution in [0.1, 0.15) is 0 Å². The Kier molecular flexibility index (Phi) is 4.36. The lowest BCUT2D eigenvalue weighted by Crippen LogP contribution is -2.43. The van der Waals surface area contributed by atoms with Crippen LogP contribution in [-0.2, 0) is 9.59 Å². The number of anilines is 2. The van der Waals surface area contributed by atoms with E-state index in [-0.39, 0.29) is 19.1 Å². The van der Waals surface area contributed by atoms with Gasteiger partial charge in [-0.05, 0) is 30.3 Å². The summed E-state index contributed by atoms with van der Waals surface area (Å²) in [5.41, 5.74) is 0.419. The van der Waals surface area contributed by atoms with Crippen LogP contribution in [0, 0.1) is 0 Å². The van der Waals surface area contributed by atoms with Gasteiger partial charge in [0.25, 0.3) is 5.91 Å². The molecule has 0 fully saturated rings. The van der Waals surface area contributed by atoms with Crippen LogP contribution in [0.2, 0.25) is 10.0 Å². The SMILES string of the molecule is O=C(CN1C(=O)COc2cccnc21)Nc1ccc(Cl)cc1Cl. The van der Waals surface area contributed by atoms with Crippen LogP contribution < -0.4 is 15.0 Å². The third-order valence-corrected chi connectivity index (χ3v) is 3.71. The van der Waals surface area contributed by atoms with Crippen LogP contribution in [0.25, 0.3) is 0 Å². The maximum Gasteiger partial charge on any atom is 0.266 e. The van der Waals surface area contributed by atoms with Crippen molar-refractivity contribution >= 4 is 46.5 Å². The summed E-state index contributed by atoms with van der Waals surface area (Å²) in [7, 11) is 0. The van der Waals surface area contributed by atoms with Crippen molar-refractivity contribution < 1.29 is 14.3 Å². The van der Waals surface area contributed by atoms with Gasteiger partial charge in [-0.3, -0.25) is 14.5 Å². The molecular formula is C15H11Cl2N3O3. The lowest BCUT2D eigenvalue weighted by molar-refractivity contribution is -0.123. The molecule has 23 heavy (non-hydrogen) atoms. The fourth-order valence-corrected chi connectivity index (χ4v) is 2.58. The minimum atomic E-state index is -0.402. The molecule has 6 nitrogen and oxygen atoms in total. The molecule has 0 unspecified atom stereocenters. The number of rotatable bonds is 3. The van der Waals surface area contributed by atoms with E-state index >= 15 is 0 Å². The summed E-state index contributed by atoms with van der Waals surface area (Å²) in [4.78, 5) is 29.6. The van der Waals surface area contributed by atoms with Gasteiger partial charge in [0.1, 0.15) is 6.54 Å². The molecule has 0 radical (unpaired) electrons. The molecule has 1 aliphatic heterocycles. The van der Waals surface area contributed by atoms with Crippen LogP contribution in [0.3, 0.4) is 0 Å². The van der Waals surface area contributed by atoms with Gasteiger partial charge in [-0.2, -0.15) is 0 Å². The van der Waals surface area contributed by atoms with Gasteiger partial charge >= 0.3 is 0 Å². The van der Waals surface area contributed by atoms with E-state index in [9.17, 15) is 9.59 Å². The summed E-state index contributed by atoms with van der Waals surface area (Å²) < 4.78 is 5.28. The van der Waals surface area contributed by atoms with Crippen molar-refractivity contribution in [2.45, 2.75) is 0 Å². The summed E-state index contributed by atoms with van der Waals surface area (Å²) in [6.07, 6.45) is 1.53. The van der Waals surface area contributed by atoms with Gasteiger partial charge in [0.15, 0.2) is 18.2 Å². The van der Waals surface area contributed by atoms with Crippen molar-refractivity contribution in [3.63, 3.8) is 0 Å². The molecule has 0 saturated carbocycles. The smallest absolute Gasteiger partial charge is 0.266 e. The quantitative estimate of drug-likeness (QED) is 0.922. The van der Waals surface area contributed by atoms with Crippen molar-refractivity contribution in [2.75, 3.05) is 23.4 Å². The van der Waals surface area contributed by atoms with Crippen LogP contribution in [0.4, 0.5) is 11.5 Å². The van der Waals surface area contributed by atoms with E-state index in [0.717, 1.165) is 0 Å². The van der Waals surface area contributed by atoms with Crippen molar-refractivity contribution in [1.82, 2.24) is 4.98 Å². The predicted octanol–water partition coefficient (Wildman–Crippen LogP) is 2.75. The number of benzene rings is 1. The molecule has 0 spiro atoms. The van der Waals surface area contributed by atoms with E-state index in [1.165, 1.54) is 17.2 Å². The summed E-state index contributed by atoms with van der Waals surface area (Å²) in [6.45, 7) is -0.321. The number of aromatic nitrogens is 1. The monoisotopic (exact) mass is 351 g/mol. The average molecular weight is 352 g/mol. The van der Waals surface area contributed by atoms with Gasteiger partial charge in [0, 0.05) is 11.2 Å². The number of halogens is 2. The molecule has 1 aromatic carbocycles. The highest BCUT2D eigenvalue weighted by molar-refractivity contribution is 6.36. The van der Waals surface area contributed by atoms with Crippen molar-refractivity contribution in [3.8, 4) is 5.75 Å². The number of fused-ring (bicyclic) bond motifs is 1. The van der Waals surface area contributed by atoms with E-state index in [1.807, 2.05) is 0 Å². The normalized spacial score (nSPS) is 13.3. The Morgan fingerprint density at radius 3 is 2.96 bits per heavy atom. The molecule has 3 rings (SSSR count). The number of carbonyl (C=O) groups is 2. The first-order chi connectivity index (χ1) is 11.0. The number of hydrogen-bond donors (Lipinski definition) is 1. The second-order valence-corrected chi connectivity index (χ2v) is 5.61. The van der Waals surface area contributed by atoms with Gasteiger partial charge in [-0.15, -0.1) is 0 Å². The Morgan fingerprint density at radius 2 is 2.17 bits per heavy atom. The van der Waals surface area contributed by atoms with Gasteiger partial charge in [0.2, 0.25) is 5.91 Å². The zero-order valence-corrected chi connectivity index (χ0v) is 13.3. The first-order valence-electron chi connectivity index (χ1n) is 6.67. The molecule has 2 heterocycles. The highest BCUT2D eigenvalue weighted by Gasteiger charge is 2.28. The first kappa shape index (κ1) is 15.6. The van der Waals surface area contributed by atoms with Crippen molar-refractivity contribution in [1.29, 1.82) is 0 Å². The van der Waals surface area contributed by atoms with E-state index in [1.54, 1.807) is 24.3 Å². The third-order valence-electron chi connectivity index (χ3n) is 3.17. The highest BCUT2D eigenvalue weighted by atomic mass is 35.5. The van der Waals surface area contributed by atoms with E-state index in [4.69, 9.17) is 27.9 Å². The number of hydrogen-bond acceptors (Lipinski definition) is 4. The van der Waals surface area contributed by atoms with Gasteiger partial charge in [0.05, 0.1) is 10.7 Å². The zero-order valence-electron chi connectivity index (χ0n) is 11.8. The number of carbonyl (C=O) groups excluding carboxylic acids is 2. The molecule has 2 amide bonds. The van der Waals surface area contributed by atoms with Crippen LogP contribution >= 0.6 is 23.2 Å². The minimum Gasteiger partial charge on any atom is -0.480 e. The molecule has 1 aliphatic rings. The standard InChI is InChI=1S/C15H11Cl2N3O3/c16-9-3-4-11(10(17)6-9)19-13(21)7-20-14(22)8-23-12-2-1-5-18-15(12)20/h1-6H,7-8H2,(H,19,21). The Bertz CT molecular complexity index is 782. The van der Waals surface area contributed by atoms with Gasteiger partial charge < -0.3 is 10.1 Å². The van der Waals surface area contributed by atoms with Gasteiger partial charge in [-0.1, -0.05) is 23.2 Å². The highest BCUT2D eigenvalue weighted by Crippen LogP contribution is 2.29. The van der Waals surface area contributed by atoms with Crippen molar-refractivity contribution in [2.24, 2.45) is 0 Å². The number of pyridine rings is 1. The fourth-order valence-electron chi connectivity index (χ4n) is 2.12. The minimum absolute atomic E-state index is 0.131. The average Bonchev–Trinajstić information content (AvgIpc) is 2.53. The van der Waals surface area contributed by atoms with Crippen LogP contribution in [-0.4, -0.2) is 29.9 Å². The molecule has 0 aliphatic carbocycles. The summed E-state index contributed by atoms with van der Waals surface area (Å²) in [5, 5.41) is 3.43. The summed E-state index contributed by atoms with van der Waals surface area (Å²) >= 11 is 11.8. The number of ether oxygens (including phenoxy) is 1. The Morgan fingerprint density at radius 1 is 1.35 bits per heavy atom. The first-order valence-corrected chi connectivity index (χ1v) is 7.43. The number of amides is 2. The Balaban J connectivity index is 1.76. The van der Waals surface area contributed by atoms with E-state index in [0.29, 0.717) is 27.3 Å². The molecule has 1 aromatic heterocycles. The van der Waals surface area contributed by atoms with Crippen LogP contribution in [0.5, 0.6) is 5.75 Å². The lowest BCUT2D eigenvalue weighted by atomic mass is 10.3. The topological polar surface area (TPSA) is 71.5 Å². The second-order valence-electron chi connectivity index (χ2n) is 4.77. The predicted molar refractivity (Wildman–Crippen MR) is 87.2 cm³/mol. The maximum atomic E-state index is 12.2. The zero-order chi connectivity index (χ0) is 16.4. The molecule has 8 heteroatoms. The van der Waals surface area contributed by atoms with E-state index < -0.39 is 5.91 Å². The van der Waals surface area contributed by atoms with Gasteiger partial charge in [-0.25, -0.2) is 4.98 Å². The second kappa shape index (κ2) is 6.44. The third kappa shape index (κ3) is 3.38.